The number of hydrogen-bond donors (Lipinski definition) is 0. The number of aliphatic imine (C=N–C) groups is 1. The molecule has 116 valence electrons. The highest BCUT2D eigenvalue weighted by molar-refractivity contribution is 7.20. The van der Waals surface area contributed by atoms with Crippen LogP contribution in [0.4, 0.5) is 5.13 Å². The van der Waals surface area contributed by atoms with E-state index in [4.69, 9.17) is 0 Å². The number of aromatic nitrogens is 3. The monoisotopic (exact) mass is 332 g/mol. The molecule has 5 nitrogen and oxygen atoms in total. The zero-order valence-electron chi connectivity index (χ0n) is 12.5. The third-order valence-electron chi connectivity index (χ3n) is 3.45. The van der Waals surface area contributed by atoms with E-state index in [1.54, 1.807) is 12.3 Å². The Labute approximate surface area is 141 Å². The molecule has 6 heteroatoms. The molecule has 2 aromatic heterocycles. The van der Waals surface area contributed by atoms with Gasteiger partial charge in [0.15, 0.2) is 0 Å². The maximum Gasteiger partial charge on any atom is 0.283 e. The van der Waals surface area contributed by atoms with Crippen LogP contribution in [-0.4, -0.2) is 20.8 Å². The number of nitrogens with zero attached hydrogens (tertiary/aromatic N) is 4. The zero-order valence-corrected chi connectivity index (χ0v) is 13.4. The lowest BCUT2D eigenvalue weighted by Gasteiger charge is -1.95. The highest BCUT2D eigenvalue weighted by Crippen LogP contribution is 2.20. The van der Waals surface area contributed by atoms with Crippen molar-refractivity contribution in [1.82, 2.24) is 14.6 Å². The van der Waals surface area contributed by atoms with Gasteiger partial charge >= 0.3 is 0 Å². The molecular formula is C18H12N4OS. The SMILES string of the molecule is O=c1c2ccccc2nc2sc(N=CC=Cc3ccccc3)nn12. The van der Waals surface area contributed by atoms with Gasteiger partial charge in [0, 0.05) is 6.21 Å². The highest BCUT2D eigenvalue weighted by Gasteiger charge is 2.09. The molecule has 0 spiro atoms. The van der Waals surface area contributed by atoms with Crippen LogP contribution in [0.15, 0.2) is 70.5 Å². The van der Waals surface area contributed by atoms with Gasteiger partial charge in [-0.05, 0) is 23.8 Å². The first-order valence-electron chi connectivity index (χ1n) is 7.36. The predicted molar refractivity (Wildman–Crippen MR) is 98.3 cm³/mol. The molecule has 0 bridgehead atoms. The number of rotatable bonds is 3. The smallest absolute Gasteiger partial charge is 0.267 e. The van der Waals surface area contributed by atoms with Gasteiger partial charge < -0.3 is 0 Å². The lowest BCUT2D eigenvalue weighted by molar-refractivity contribution is 0.915. The summed E-state index contributed by atoms with van der Waals surface area (Å²) in [6.45, 7) is 0. The second kappa shape index (κ2) is 6.17. The fourth-order valence-corrected chi connectivity index (χ4v) is 3.08. The molecule has 4 aromatic rings. The number of benzene rings is 2. The summed E-state index contributed by atoms with van der Waals surface area (Å²) in [5.74, 6) is 0. The Kier molecular flexibility index (Phi) is 3.72. The van der Waals surface area contributed by atoms with E-state index in [1.165, 1.54) is 15.9 Å². The summed E-state index contributed by atoms with van der Waals surface area (Å²) in [6, 6.07) is 17.2. The minimum atomic E-state index is -0.173. The van der Waals surface area contributed by atoms with Gasteiger partial charge in [0.2, 0.25) is 10.1 Å². The molecule has 4 rings (SSSR count). The predicted octanol–water partition coefficient (Wildman–Crippen LogP) is 3.72. The van der Waals surface area contributed by atoms with Gasteiger partial charge in [-0.1, -0.05) is 59.9 Å². The van der Waals surface area contributed by atoms with Gasteiger partial charge in [-0.25, -0.2) is 9.98 Å². The van der Waals surface area contributed by atoms with E-state index in [2.05, 4.69) is 15.1 Å². The molecule has 0 aliphatic carbocycles. The molecule has 0 saturated carbocycles. The highest BCUT2D eigenvalue weighted by atomic mass is 32.1. The third kappa shape index (κ3) is 2.75. The minimum Gasteiger partial charge on any atom is -0.267 e. The van der Waals surface area contributed by atoms with Crippen molar-refractivity contribution < 1.29 is 0 Å². The van der Waals surface area contributed by atoms with Gasteiger partial charge in [0.05, 0.1) is 10.9 Å². The zero-order chi connectivity index (χ0) is 16.4. The van der Waals surface area contributed by atoms with E-state index in [0.717, 1.165) is 5.56 Å². The first kappa shape index (κ1) is 14.5. The Hall–Kier alpha value is -3.12. The van der Waals surface area contributed by atoms with E-state index < -0.39 is 0 Å². The Balaban J connectivity index is 1.67. The van der Waals surface area contributed by atoms with Gasteiger partial charge in [-0.2, -0.15) is 4.52 Å². The van der Waals surface area contributed by atoms with Crippen molar-refractivity contribution in [3.8, 4) is 0 Å². The second-order valence-electron chi connectivity index (χ2n) is 5.06. The van der Waals surface area contributed by atoms with Crippen molar-refractivity contribution in [2.75, 3.05) is 0 Å². The number of para-hydroxylation sites is 1. The van der Waals surface area contributed by atoms with Crippen LogP contribution in [0.1, 0.15) is 5.56 Å². The average Bonchev–Trinajstić information content (AvgIpc) is 3.03. The average molecular weight is 332 g/mol. The van der Waals surface area contributed by atoms with Crippen LogP contribution in [-0.2, 0) is 0 Å². The fourth-order valence-electron chi connectivity index (χ4n) is 2.32. The van der Waals surface area contributed by atoms with Gasteiger partial charge in [0.1, 0.15) is 0 Å². The van der Waals surface area contributed by atoms with Crippen LogP contribution in [0.3, 0.4) is 0 Å². The van der Waals surface area contributed by atoms with Crippen LogP contribution in [0, 0.1) is 0 Å². The number of hydrogen-bond acceptors (Lipinski definition) is 5. The molecule has 0 fully saturated rings. The Morgan fingerprint density at radius 3 is 2.71 bits per heavy atom. The maximum atomic E-state index is 12.4. The van der Waals surface area contributed by atoms with Crippen LogP contribution in [0.2, 0.25) is 0 Å². The molecule has 0 atom stereocenters. The fraction of sp³-hybridized carbons (Fsp3) is 0. The summed E-state index contributed by atoms with van der Waals surface area (Å²) in [5.41, 5.74) is 1.59. The van der Waals surface area contributed by atoms with Crippen molar-refractivity contribution in [2.24, 2.45) is 4.99 Å². The van der Waals surface area contributed by atoms with Crippen LogP contribution in [0.25, 0.3) is 21.9 Å². The molecule has 2 aromatic carbocycles. The Morgan fingerprint density at radius 1 is 1.04 bits per heavy atom. The Bertz CT molecular complexity index is 1130. The summed E-state index contributed by atoms with van der Waals surface area (Å²) >= 11 is 1.28. The molecule has 24 heavy (non-hydrogen) atoms. The van der Waals surface area contributed by atoms with Crippen molar-refractivity contribution in [2.45, 2.75) is 0 Å². The second-order valence-corrected chi connectivity index (χ2v) is 6.00. The largest absolute Gasteiger partial charge is 0.283 e. The molecule has 0 unspecified atom stereocenters. The lowest BCUT2D eigenvalue weighted by Crippen LogP contribution is -2.14. The van der Waals surface area contributed by atoms with Gasteiger partial charge in [-0.15, -0.1) is 5.10 Å². The maximum absolute atomic E-state index is 12.4. The normalized spacial score (nSPS) is 12.0. The van der Waals surface area contributed by atoms with E-state index in [9.17, 15) is 4.79 Å². The first-order chi connectivity index (χ1) is 11.8. The van der Waals surface area contributed by atoms with E-state index >= 15 is 0 Å². The van der Waals surface area contributed by atoms with Gasteiger partial charge in [-0.3, -0.25) is 4.79 Å². The Morgan fingerprint density at radius 2 is 1.83 bits per heavy atom. The summed E-state index contributed by atoms with van der Waals surface area (Å²) in [6.07, 6.45) is 5.46. The van der Waals surface area contributed by atoms with Crippen LogP contribution in [0.5, 0.6) is 0 Å². The quantitative estimate of drug-likeness (QED) is 0.537. The molecule has 0 aliphatic rings. The molecule has 0 saturated heterocycles. The molecular weight excluding hydrogens is 320 g/mol. The van der Waals surface area contributed by atoms with Crippen molar-refractivity contribution in [3.63, 3.8) is 0 Å². The first-order valence-corrected chi connectivity index (χ1v) is 8.17. The summed E-state index contributed by atoms with van der Waals surface area (Å²) in [7, 11) is 0. The summed E-state index contributed by atoms with van der Waals surface area (Å²) in [4.78, 5) is 21.7. The van der Waals surface area contributed by atoms with E-state index in [1.807, 2.05) is 60.7 Å². The molecule has 0 N–H and O–H groups in total. The summed E-state index contributed by atoms with van der Waals surface area (Å²) < 4.78 is 1.31. The van der Waals surface area contributed by atoms with Crippen molar-refractivity contribution >= 4 is 44.6 Å². The van der Waals surface area contributed by atoms with E-state index in [-0.39, 0.29) is 5.56 Å². The number of allylic oxidation sites excluding steroid dienone is 1. The third-order valence-corrected chi connectivity index (χ3v) is 4.27. The molecule has 0 aliphatic heterocycles. The summed E-state index contributed by atoms with van der Waals surface area (Å²) in [5, 5.41) is 5.28. The van der Waals surface area contributed by atoms with Gasteiger partial charge in [0.25, 0.3) is 5.56 Å². The van der Waals surface area contributed by atoms with E-state index in [0.29, 0.717) is 21.0 Å². The molecule has 2 heterocycles. The minimum absolute atomic E-state index is 0.173. The number of fused-ring (bicyclic) bond motifs is 2. The molecule has 0 amide bonds. The van der Waals surface area contributed by atoms with Crippen molar-refractivity contribution in [3.05, 3.63) is 76.6 Å². The van der Waals surface area contributed by atoms with Crippen LogP contribution < -0.4 is 5.56 Å². The topological polar surface area (TPSA) is 59.6 Å². The lowest BCUT2D eigenvalue weighted by atomic mass is 10.2. The standard InChI is InChI=1S/C18H12N4OS/c23-16-14-10-4-5-11-15(14)20-18-22(16)21-17(24-18)19-12-6-9-13-7-2-1-3-8-13/h1-12H. The van der Waals surface area contributed by atoms with Crippen molar-refractivity contribution in [1.29, 1.82) is 0 Å². The van der Waals surface area contributed by atoms with Crippen LogP contribution >= 0.6 is 11.3 Å². The molecule has 0 radical (unpaired) electrons.